The minimum absolute atomic E-state index is 0.244. The van der Waals surface area contributed by atoms with E-state index in [1.807, 2.05) is 6.07 Å². The molecule has 2 aliphatic rings. The van der Waals surface area contributed by atoms with Crippen LogP contribution in [-0.2, 0) is 4.74 Å². The van der Waals surface area contributed by atoms with Gasteiger partial charge in [0.25, 0.3) is 0 Å². The monoisotopic (exact) mass is 265 g/mol. The van der Waals surface area contributed by atoms with E-state index < -0.39 is 6.10 Å². The van der Waals surface area contributed by atoms with Gasteiger partial charge in [-0.25, -0.2) is 4.39 Å². The topological polar surface area (TPSA) is 32.7 Å². The first kappa shape index (κ1) is 12.9. The van der Waals surface area contributed by atoms with Crippen LogP contribution in [-0.4, -0.2) is 30.4 Å². The second-order valence-electron chi connectivity index (χ2n) is 5.49. The molecule has 4 heteroatoms. The fourth-order valence-corrected chi connectivity index (χ4v) is 3.24. The summed E-state index contributed by atoms with van der Waals surface area (Å²) in [5.41, 5.74) is 1.27. The first-order chi connectivity index (χ1) is 9.16. The van der Waals surface area contributed by atoms with E-state index in [1.165, 1.54) is 6.07 Å². The van der Waals surface area contributed by atoms with Crippen molar-refractivity contribution in [2.75, 3.05) is 18.1 Å². The molecule has 3 atom stereocenters. The molecule has 2 unspecified atom stereocenters. The Hall–Kier alpha value is -1.13. The molecule has 1 aliphatic heterocycles. The van der Waals surface area contributed by atoms with Crippen molar-refractivity contribution >= 4 is 5.69 Å². The molecule has 1 aromatic carbocycles. The predicted molar refractivity (Wildman–Crippen MR) is 71.8 cm³/mol. The van der Waals surface area contributed by atoms with Crippen molar-refractivity contribution in [2.45, 2.75) is 44.4 Å². The first-order valence-electron chi connectivity index (χ1n) is 7.02. The molecule has 1 saturated heterocycles. The summed E-state index contributed by atoms with van der Waals surface area (Å²) in [6, 6.07) is 5.35. The zero-order chi connectivity index (χ0) is 13.4. The Morgan fingerprint density at radius 2 is 2.26 bits per heavy atom. The molecule has 0 bridgehead atoms. The Morgan fingerprint density at radius 1 is 1.42 bits per heavy atom. The fourth-order valence-electron chi connectivity index (χ4n) is 3.24. The number of morpholine rings is 1. The number of aliphatic hydroxyl groups is 1. The van der Waals surface area contributed by atoms with Gasteiger partial charge in [0.05, 0.1) is 30.5 Å². The number of ether oxygens (including phenoxy) is 1. The Kier molecular flexibility index (Phi) is 3.46. The van der Waals surface area contributed by atoms with Gasteiger partial charge in [-0.1, -0.05) is 6.07 Å². The van der Waals surface area contributed by atoms with Gasteiger partial charge in [-0.3, -0.25) is 0 Å². The van der Waals surface area contributed by atoms with E-state index >= 15 is 0 Å². The van der Waals surface area contributed by atoms with Crippen molar-refractivity contribution in [3.05, 3.63) is 29.6 Å². The van der Waals surface area contributed by atoms with Gasteiger partial charge in [0.15, 0.2) is 0 Å². The molecule has 1 aliphatic carbocycles. The molecular weight excluding hydrogens is 245 g/mol. The van der Waals surface area contributed by atoms with Gasteiger partial charge in [0, 0.05) is 6.54 Å². The maximum absolute atomic E-state index is 14.3. The Bertz CT molecular complexity index is 463. The van der Waals surface area contributed by atoms with Gasteiger partial charge in [0.2, 0.25) is 0 Å². The second kappa shape index (κ2) is 5.10. The average molecular weight is 265 g/mol. The third kappa shape index (κ3) is 2.35. The summed E-state index contributed by atoms with van der Waals surface area (Å²) in [6.45, 7) is 3.06. The molecule has 3 nitrogen and oxygen atoms in total. The van der Waals surface area contributed by atoms with Gasteiger partial charge < -0.3 is 14.7 Å². The molecule has 0 radical (unpaired) electrons. The fraction of sp³-hybridized carbons (Fsp3) is 0.600. The molecule has 1 N–H and O–H groups in total. The van der Waals surface area contributed by atoms with Crippen LogP contribution in [0.5, 0.6) is 0 Å². The van der Waals surface area contributed by atoms with Crippen LogP contribution < -0.4 is 4.90 Å². The zero-order valence-electron chi connectivity index (χ0n) is 11.2. The third-order valence-corrected chi connectivity index (χ3v) is 4.25. The van der Waals surface area contributed by atoms with Gasteiger partial charge in [0.1, 0.15) is 5.82 Å². The van der Waals surface area contributed by atoms with E-state index in [2.05, 4.69) is 4.90 Å². The van der Waals surface area contributed by atoms with E-state index in [4.69, 9.17) is 4.74 Å². The maximum Gasteiger partial charge on any atom is 0.146 e. The summed E-state index contributed by atoms with van der Waals surface area (Å²) >= 11 is 0. The number of anilines is 1. The SMILES string of the molecule is C[C@H](O)c1ccc(N2CCOC3CCCC32)c(F)c1. The van der Waals surface area contributed by atoms with Gasteiger partial charge in [-0.15, -0.1) is 0 Å². The highest BCUT2D eigenvalue weighted by atomic mass is 19.1. The summed E-state index contributed by atoms with van der Waals surface area (Å²) in [5, 5.41) is 9.50. The molecule has 0 aromatic heterocycles. The van der Waals surface area contributed by atoms with Crippen molar-refractivity contribution in [3.8, 4) is 0 Å². The normalized spacial score (nSPS) is 28.3. The van der Waals surface area contributed by atoms with Crippen molar-refractivity contribution in [3.63, 3.8) is 0 Å². The molecule has 0 spiro atoms. The van der Waals surface area contributed by atoms with Crippen molar-refractivity contribution < 1.29 is 14.2 Å². The molecule has 19 heavy (non-hydrogen) atoms. The summed E-state index contributed by atoms with van der Waals surface area (Å²) < 4.78 is 20.0. The van der Waals surface area contributed by atoms with Gasteiger partial charge >= 0.3 is 0 Å². The molecule has 3 rings (SSSR count). The second-order valence-corrected chi connectivity index (χ2v) is 5.49. The smallest absolute Gasteiger partial charge is 0.146 e. The number of hydrogen-bond acceptors (Lipinski definition) is 3. The van der Waals surface area contributed by atoms with Crippen molar-refractivity contribution in [1.29, 1.82) is 0 Å². The number of rotatable bonds is 2. The highest BCUT2D eigenvalue weighted by Gasteiger charge is 2.36. The van der Waals surface area contributed by atoms with Crippen LogP contribution in [0.25, 0.3) is 0 Å². The molecular formula is C15H20FNO2. The molecule has 1 heterocycles. The van der Waals surface area contributed by atoms with E-state index in [0.29, 0.717) is 23.9 Å². The van der Waals surface area contributed by atoms with Crippen LogP contribution in [0.4, 0.5) is 10.1 Å². The van der Waals surface area contributed by atoms with Gasteiger partial charge in [-0.2, -0.15) is 0 Å². The lowest BCUT2D eigenvalue weighted by Crippen LogP contribution is -2.49. The lowest BCUT2D eigenvalue weighted by atomic mass is 10.1. The predicted octanol–water partition coefficient (Wildman–Crippen LogP) is 2.64. The maximum atomic E-state index is 14.3. The quantitative estimate of drug-likeness (QED) is 0.892. The van der Waals surface area contributed by atoms with Crippen LogP contribution in [0.15, 0.2) is 18.2 Å². The van der Waals surface area contributed by atoms with Crippen LogP contribution in [0.3, 0.4) is 0 Å². The van der Waals surface area contributed by atoms with E-state index in [0.717, 1.165) is 25.8 Å². The number of nitrogens with zero attached hydrogens (tertiary/aromatic N) is 1. The van der Waals surface area contributed by atoms with Crippen LogP contribution in [0.1, 0.15) is 37.9 Å². The summed E-state index contributed by atoms with van der Waals surface area (Å²) in [5.74, 6) is -0.244. The highest BCUT2D eigenvalue weighted by Crippen LogP contribution is 2.34. The Labute approximate surface area is 113 Å². The number of benzene rings is 1. The number of aliphatic hydroxyl groups excluding tert-OH is 1. The summed E-state index contributed by atoms with van der Waals surface area (Å²) in [4.78, 5) is 2.14. The minimum Gasteiger partial charge on any atom is -0.389 e. The highest BCUT2D eigenvalue weighted by molar-refractivity contribution is 5.51. The summed E-state index contributed by atoms with van der Waals surface area (Å²) in [7, 11) is 0. The minimum atomic E-state index is -0.632. The van der Waals surface area contributed by atoms with Crippen LogP contribution in [0.2, 0.25) is 0 Å². The van der Waals surface area contributed by atoms with E-state index in [-0.39, 0.29) is 11.9 Å². The molecule has 1 saturated carbocycles. The number of hydrogen-bond donors (Lipinski definition) is 1. The van der Waals surface area contributed by atoms with Crippen LogP contribution >= 0.6 is 0 Å². The Morgan fingerprint density at radius 3 is 3.00 bits per heavy atom. The lowest BCUT2D eigenvalue weighted by Gasteiger charge is -2.39. The largest absolute Gasteiger partial charge is 0.389 e. The van der Waals surface area contributed by atoms with Gasteiger partial charge in [-0.05, 0) is 43.9 Å². The van der Waals surface area contributed by atoms with Crippen molar-refractivity contribution in [2.24, 2.45) is 0 Å². The van der Waals surface area contributed by atoms with Crippen LogP contribution in [0, 0.1) is 5.82 Å². The van der Waals surface area contributed by atoms with Crippen molar-refractivity contribution in [1.82, 2.24) is 0 Å². The molecule has 104 valence electrons. The zero-order valence-corrected chi connectivity index (χ0v) is 11.2. The van der Waals surface area contributed by atoms with E-state index in [9.17, 15) is 9.50 Å². The molecule has 2 fully saturated rings. The Balaban J connectivity index is 1.88. The standard InChI is InChI=1S/C15H20FNO2/c1-10(18)11-5-6-13(12(16)9-11)17-7-8-19-15-4-2-3-14(15)17/h5-6,9-10,14-15,18H,2-4,7-8H2,1H3/t10-,14?,15?/m0/s1. The lowest BCUT2D eigenvalue weighted by molar-refractivity contribution is 0.0254. The van der Waals surface area contributed by atoms with E-state index in [1.54, 1.807) is 13.0 Å². The molecule has 1 aromatic rings. The number of halogens is 1. The summed E-state index contributed by atoms with van der Waals surface area (Å²) in [6.07, 6.45) is 2.92. The first-order valence-corrected chi connectivity index (χ1v) is 7.02. The average Bonchev–Trinajstić information content (AvgIpc) is 2.86. The third-order valence-electron chi connectivity index (χ3n) is 4.25. The molecule has 0 amide bonds. The number of fused-ring (bicyclic) bond motifs is 1.